The average molecular weight is 359 g/mol. The summed E-state index contributed by atoms with van der Waals surface area (Å²) in [7, 11) is 1.53. The van der Waals surface area contributed by atoms with Crippen molar-refractivity contribution in [2.45, 2.75) is 0 Å². The molecule has 1 aliphatic heterocycles. The Hall–Kier alpha value is -2.16. The molecule has 1 saturated heterocycles. The molecule has 0 bridgehead atoms. The minimum absolute atomic E-state index is 0.0990. The minimum atomic E-state index is -0.864. The molecular weight excluding hydrogens is 347 g/mol. The molecule has 0 spiro atoms. The molecule has 1 fully saturated rings. The summed E-state index contributed by atoms with van der Waals surface area (Å²) in [4.78, 5) is 25.3. The van der Waals surface area contributed by atoms with Gasteiger partial charge in [0.15, 0.2) is 5.03 Å². The molecule has 0 aromatic heterocycles. The molecule has 122 valence electrons. The van der Waals surface area contributed by atoms with E-state index in [1.807, 2.05) is 0 Å². The number of carbonyl (C=O) groups excluding carboxylic acids is 1. The maximum atomic E-state index is 12.2. The van der Waals surface area contributed by atoms with Gasteiger partial charge in [-0.05, 0) is 23.8 Å². The molecule has 0 unspecified atom stereocenters. The van der Waals surface area contributed by atoms with E-state index in [1.54, 1.807) is 18.2 Å². The van der Waals surface area contributed by atoms with Gasteiger partial charge in [-0.1, -0.05) is 29.3 Å². The van der Waals surface area contributed by atoms with Crippen LogP contribution in [0, 0.1) is 10.1 Å². The van der Waals surface area contributed by atoms with Crippen LogP contribution in [0.5, 0.6) is 0 Å². The molecule has 1 heterocycles. The molecule has 0 N–H and O–H groups in total. The number of benzene rings is 1. The van der Waals surface area contributed by atoms with Gasteiger partial charge in [0.1, 0.15) is 18.6 Å². The molecule has 0 aliphatic carbocycles. The lowest BCUT2D eigenvalue weighted by molar-refractivity contribution is -0.486. The SMILES string of the molecule is CN1COCN(C(=O)/C=C/c2ccc(Cl)cc2Cl)/C1=N/[N+](=O)[O-]. The Bertz CT molecular complexity index is 693. The Morgan fingerprint density at radius 1 is 1.43 bits per heavy atom. The predicted molar refractivity (Wildman–Crippen MR) is 85.4 cm³/mol. The fourth-order valence-electron chi connectivity index (χ4n) is 1.84. The van der Waals surface area contributed by atoms with Gasteiger partial charge in [-0.3, -0.25) is 4.79 Å². The first-order chi connectivity index (χ1) is 10.9. The number of hydrogen-bond acceptors (Lipinski definition) is 4. The molecule has 10 heteroatoms. The third kappa shape index (κ3) is 4.41. The van der Waals surface area contributed by atoms with Crippen molar-refractivity contribution in [3.8, 4) is 0 Å². The Balaban J connectivity index is 2.20. The zero-order chi connectivity index (χ0) is 17.0. The van der Waals surface area contributed by atoms with Gasteiger partial charge in [0, 0.05) is 23.2 Å². The smallest absolute Gasteiger partial charge is 0.284 e. The van der Waals surface area contributed by atoms with Gasteiger partial charge in [0.05, 0.1) is 0 Å². The number of rotatable bonds is 3. The highest BCUT2D eigenvalue weighted by molar-refractivity contribution is 6.35. The second-order valence-electron chi connectivity index (χ2n) is 4.56. The highest BCUT2D eigenvalue weighted by atomic mass is 35.5. The number of guanidine groups is 1. The number of nitrogens with zero attached hydrogens (tertiary/aromatic N) is 4. The van der Waals surface area contributed by atoms with Crippen molar-refractivity contribution in [1.29, 1.82) is 0 Å². The summed E-state index contributed by atoms with van der Waals surface area (Å²) in [5, 5.41) is 13.8. The number of amides is 1. The molecule has 8 nitrogen and oxygen atoms in total. The standard InChI is InChI=1S/C13H12Cl2N4O4/c1-17-7-23-8-18(13(17)16-19(21)22)12(20)5-3-9-2-4-10(14)6-11(9)15/h2-6H,7-8H2,1H3/b5-3+,16-13+. The van der Waals surface area contributed by atoms with E-state index in [-0.39, 0.29) is 19.4 Å². The van der Waals surface area contributed by atoms with Gasteiger partial charge in [-0.25, -0.2) is 15.0 Å². The summed E-state index contributed by atoms with van der Waals surface area (Å²) >= 11 is 11.8. The first kappa shape index (κ1) is 17.2. The topological polar surface area (TPSA) is 88.3 Å². The average Bonchev–Trinajstić information content (AvgIpc) is 2.47. The number of ether oxygens (including phenoxy) is 1. The summed E-state index contributed by atoms with van der Waals surface area (Å²) in [5.74, 6) is -0.624. The van der Waals surface area contributed by atoms with Crippen LogP contribution >= 0.6 is 23.2 Å². The first-order valence-electron chi connectivity index (χ1n) is 6.35. The first-order valence-corrected chi connectivity index (χ1v) is 7.10. The summed E-state index contributed by atoms with van der Waals surface area (Å²) < 4.78 is 5.17. The fraction of sp³-hybridized carbons (Fsp3) is 0.231. The zero-order valence-corrected chi connectivity index (χ0v) is 13.5. The quantitative estimate of drug-likeness (QED) is 0.469. The highest BCUT2D eigenvalue weighted by Gasteiger charge is 2.28. The van der Waals surface area contributed by atoms with Crippen molar-refractivity contribution in [2.75, 3.05) is 20.5 Å². The maximum absolute atomic E-state index is 12.2. The summed E-state index contributed by atoms with van der Waals surface area (Å²) in [6.45, 7) is -0.0300. The van der Waals surface area contributed by atoms with Crippen molar-refractivity contribution >= 4 is 41.1 Å². The van der Waals surface area contributed by atoms with E-state index < -0.39 is 10.9 Å². The van der Waals surface area contributed by atoms with Crippen LogP contribution in [-0.2, 0) is 9.53 Å². The van der Waals surface area contributed by atoms with E-state index in [9.17, 15) is 14.9 Å². The van der Waals surface area contributed by atoms with E-state index in [4.69, 9.17) is 27.9 Å². The summed E-state index contributed by atoms with van der Waals surface area (Å²) in [6, 6.07) is 4.83. The van der Waals surface area contributed by atoms with Gasteiger partial charge in [0.25, 0.3) is 11.9 Å². The molecule has 0 radical (unpaired) electrons. The Labute approximate surface area is 141 Å². The van der Waals surface area contributed by atoms with E-state index in [1.165, 1.54) is 24.1 Å². The fourth-order valence-corrected chi connectivity index (χ4v) is 2.32. The van der Waals surface area contributed by atoms with Crippen LogP contribution < -0.4 is 0 Å². The number of carbonyl (C=O) groups is 1. The Morgan fingerprint density at radius 2 is 2.17 bits per heavy atom. The maximum Gasteiger partial charge on any atom is 0.284 e. The third-order valence-electron chi connectivity index (χ3n) is 2.89. The largest absolute Gasteiger partial charge is 0.340 e. The zero-order valence-electron chi connectivity index (χ0n) is 12.0. The van der Waals surface area contributed by atoms with Crippen molar-refractivity contribution in [3.63, 3.8) is 0 Å². The lowest BCUT2D eigenvalue weighted by Gasteiger charge is -2.32. The molecule has 1 aromatic rings. The van der Waals surface area contributed by atoms with Crippen LogP contribution in [0.15, 0.2) is 29.4 Å². The number of hydrogen-bond donors (Lipinski definition) is 0. The van der Waals surface area contributed by atoms with Crippen LogP contribution in [0.3, 0.4) is 0 Å². The number of hydrazone groups is 1. The number of nitro groups is 1. The van der Waals surface area contributed by atoms with Crippen LogP contribution in [0.2, 0.25) is 10.0 Å². The molecule has 1 amide bonds. The second-order valence-corrected chi connectivity index (χ2v) is 5.41. The normalized spacial score (nSPS) is 17.1. The summed E-state index contributed by atoms with van der Waals surface area (Å²) in [6.07, 6.45) is 2.71. The van der Waals surface area contributed by atoms with E-state index in [2.05, 4.69) is 5.10 Å². The predicted octanol–water partition coefficient (Wildman–Crippen LogP) is 2.26. The monoisotopic (exact) mass is 358 g/mol. The molecule has 23 heavy (non-hydrogen) atoms. The van der Waals surface area contributed by atoms with Crippen molar-refractivity contribution in [3.05, 3.63) is 50.0 Å². The molecule has 1 aromatic carbocycles. The van der Waals surface area contributed by atoms with Crippen molar-refractivity contribution < 1.29 is 14.6 Å². The Morgan fingerprint density at radius 3 is 2.83 bits per heavy atom. The van der Waals surface area contributed by atoms with Crippen molar-refractivity contribution in [1.82, 2.24) is 9.80 Å². The lowest BCUT2D eigenvalue weighted by atomic mass is 10.2. The van der Waals surface area contributed by atoms with Crippen molar-refractivity contribution in [2.24, 2.45) is 5.10 Å². The number of halogens is 2. The van der Waals surface area contributed by atoms with Gasteiger partial charge < -0.3 is 9.64 Å². The van der Waals surface area contributed by atoms with Crippen LogP contribution in [0.1, 0.15) is 5.56 Å². The van der Waals surface area contributed by atoms with Crippen LogP contribution in [-0.4, -0.2) is 47.2 Å². The van der Waals surface area contributed by atoms with Gasteiger partial charge in [-0.15, -0.1) is 0 Å². The minimum Gasteiger partial charge on any atom is -0.340 e. The van der Waals surface area contributed by atoms with Crippen LogP contribution in [0.4, 0.5) is 0 Å². The van der Waals surface area contributed by atoms with E-state index in [0.29, 0.717) is 15.6 Å². The third-order valence-corrected chi connectivity index (χ3v) is 3.46. The molecule has 0 saturated carbocycles. The van der Waals surface area contributed by atoms with Gasteiger partial charge >= 0.3 is 0 Å². The van der Waals surface area contributed by atoms with Gasteiger partial charge in [-0.2, -0.15) is 0 Å². The van der Waals surface area contributed by atoms with Gasteiger partial charge in [0.2, 0.25) is 0 Å². The molecular formula is C13H12Cl2N4O4. The lowest BCUT2D eigenvalue weighted by Crippen LogP contribution is -2.52. The molecule has 2 rings (SSSR count). The molecule has 0 atom stereocenters. The molecule has 1 aliphatic rings. The highest BCUT2D eigenvalue weighted by Crippen LogP contribution is 2.22. The summed E-state index contributed by atoms with van der Waals surface area (Å²) in [5.41, 5.74) is 0.587. The van der Waals surface area contributed by atoms with E-state index >= 15 is 0 Å². The second kappa shape index (κ2) is 7.40. The van der Waals surface area contributed by atoms with E-state index in [0.717, 1.165) is 4.90 Å². The van der Waals surface area contributed by atoms with Crippen LogP contribution in [0.25, 0.3) is 6.08 Å². The Kier molecular flexibility index (Phi) is 5.54.